The summed E-state index contributed by atoms with van der Waals surface area (Å²) in [5.41, 5.74) is 0.981. The summed E-state index contributed by atoms with van der Waals surface area (Å²) in [6, 6.07) is 4.77. The van der Waals surface area contributed by atoms with Crippen LogP contribution in [0.1, 0.15) is 107 Å². The number of halogens is 1. The molecule has 0 atom stereocenters. The first-order chi connectivity index (χ1) is 13.1. The minimum Gasteiger partial charge on any atom is -0.478 e. The van der Waals surface area contributed by atoms with Crippen molar-refractivity contribution in [2.45, 2.75) is 96.8 Å². The van der Waals surface area contributed by atoms with E-state index >= 15 is 0 Å². The van der Waals surface area contributed by atoms with Crippen LogP contribution in [0.2, 0.25) is 5.02 Å². The van der Waals surface area contributed by atoms with Gasteiger partial charge in [0.25, 0.3) is 0 Å². The van der Waals surface area contributed by atoms with Gasteiger partial charge in [0.1, 0.15) is 0 Å². The van der Waals surface area contributed by atoms with Gasteiger partial charge in [-0.1, -0.05) is 102 Å². The van der Waals surface area contributed by atoms with Crippen molar-refractivity contribution in [3.8, 4) is 0 Å². The highest BCUT2D eigenvalue weighted by Crippen LogP contribution is 2.23. The summed E-state index contributed by atoms with van der Waals surface area (Å²) < 4.78 is 0. The Bertz CT molecular complexity index is 519. The third-order valence-corrected chi connectivity index (χ3v) is 5.39. The lowest BCUT2D eigenvalue weighted by atomic mass is 10.0. The van der Waals surface area contributed by atoms with Gasteiger partial charge in [-0.2, -0.15) is 0 Å². The zero-order valence-electron chi connectivity index (χ0n) is 17.1. The van der Waals surface area contributed by atoms with Crippen LogP contribution in [-0.2, 0) is 0 Å². The molecular weight excluding hydrogens is 358 g/mol. The van der Waals surface area contributed by atoms with Crippen molar-refractivity contribution in [1.29, 1.82) is 0 Å². The zero-order chi connectivity index (χ0) is 19.7. The van der Waals surface area contributed by atoms with Gasteiger partial charge in [0.2, 0.25) is 0 Å². The summed E-state index contributed by atoms with van der Waals surface area (Å²) in [5, 5.41) is 12.9. The lowest BCUT2D eigenvalue weighted by Crippen LogP contribution is -2.04. The maximum atomic E-state index is 11.0. The van der Waals surface area contributed by atoms with Gasteiger partial charge in [-0.3, -0.25) is 0 Å². The third kappa shape index (κ3) is 12.0. The van der Waals surface area contributed by atoms with Crippen LogP contribution in [0, 0.1) is 0 Å². The molecule has 0 heterocycles. The molecule has 0 fully saturated rings. The quantitative estimate of drug-likeness (QED) is 0.263. The predicted octanol–water partition coefficient (Wildman–Crippen LogP) is 7.93. The van der Waals surface area contributed by atoms with Crippen LogP contribution < -0.4 is 5.32 Å². The zero-order valence-corrected chi connectivity index (χ0v) is 17.8. The number of hydrogen-bond donors (Lipinski definition) is 2. The van der Waals surface area contributed by atoms with E-state index in [1.165, 1.54) is 89.5 Å². The molecule has 0 aliphatic heterocycles. The number of carboxylic acids is 1. The second-order valence-electron chi connectivity index (χ2n) is 7.52. The fraction of sp³-hybridized carbons (Fsp3) is 0.696. The van der Waals surface area contributed by atoms with Crippen LogP contribution >= 0.6 is 11.6 Å². The molecule has 0 aromatic heterocycles. The number of aromatic carboxylic acids is 1. The molecule has 0 radical (unpaired) electrons. The Kier molecular flexibility index (Phi) is 13.9. The van der Waals surface area contributed by atoms with Gasteiger partial charge in [-0.15, -0.1) is 0 Å². The van der Waals surface area contributed by atoms with Gasteiger partial charge in [-0.05, 0) is 24.6 Å². The van der Waals surface area contributed by atoms with Gasteiger partial charge in [0.05, 0.1) is 16.3 Å². The van der Waals surface area contributed by atoms with Gasteiger partial charge < -0.3 is 10.4 Å². The molecule has 0 amide bonds. The second kappa shape index (κ2) is 15.8. The maximum Gasteiger partial charge on any atom is 0.335 e. The smallest absolute Gasteiger partial charge is 0.335 e. The number of anilines is 1. The van der Waals surface area contributed by atoms with Crippen LogP contribution in [0.3, 0.4) is 0 Å². The number of carbonyl (C=O) groups is 1. The van der Waals surface area contributed by atoms with Crippen molar-refractivity contribution >= 4 is 23.3 Å². The average Bonchev–Trinajstić information content (AvgIpc) is 2.66. The van der Waals surface area contributed by atoms with E-state index < -0.39 is 5.97 Å². The highest BCUT2D eigenvalue weighted by atomic mass is 35.5. The maximum absolute atomic E-state index is 11.0. The van der Waals surface area contributed by atoms with Crippen LogP contribution in [0.4, 0.5) is 5.69 Å². The predicted molar refractivity (Wildman–Crippen MR) is 117 cm³/mol. The fourth-order valence-electron chi connectivity index (χ4n) is 3.34. The topological polar surface area (TPSA) is 49.3 Å². The number of hydrogen-bond acceptors (Lipinski definition) is 2. The highest BCUT2D eigenvalue weighted by molar-refractivity contribution is 6.33. The first-order valence-corrected chi connectivity index (χ1v) is 11.3. The average molecular weight is 396 g/mol. The Labute approximate surface area is 170 Å². The van der Waals surface area contributed by atoms with Crippen LogP contribution in [-0.4, -0.2) is 17.6 Å². The van der Waals surface area contributed by atoms with E-state index in [-0.39, 0.29) is 5.56 Å². The molecule has 0 unspecified atom stereocenters. The number of benzene rings is 1. The molecule has 0 spiro atoms. The van der Waals surface area contributed by atoms with Gasteiger partial charge in [-0.25, -0.2) is 4.79 Å². The monoisotopic (exact) mass is 395 g/mol. The molecule has 0 bridgehead atoms. The van der Waals surface area contributed by atoms with E-state index in [0.717, 1.165) is 13.0 Å². The molecule has 1 aromatic rings. The van der Waals surface area contributed by atoms with Gasteiger partial charge >= 0.3 is 5.97 Å². The molecule has 27 heavy (non-hydrogen) atoms. The Morgan fingerprint density at radius 1 is 0.852 bits per heavy atom. The minimum absolute atomic E-state index is 0.267. The van der Waals surface area contributed by atoms with E-state index in [9.17, 15) is 4.79 Å². The molecule has 0 aliphatic carbocycles. The molecule has 0 aliphatic rings. The summed E-state index contributed by atoms with van der Waals surface area (Å²) in [4.78, 5) is 11.0. The van der Waals surface area contributed by atoms with E-state index in [1.54, 1.807) is 12.1 Å². The summed E-state index contributed by atoms with van der Waals surface area (Å²) in [5.74, 6) is -0.925. The van der Waals surface area contributed by atoms with Crippen molar-refractivity contribution in [3.05, 3.63) is 28.8 Å². The SMILES string of the molecule is CCCCCCCCCCCCCCCCNc1cc(C(=O)O)ccc1Cl. The van der Waals surface area contributed by atoms with Crippen LogP contribution in [0.15, 0.2) is 18.2 Å². The van der Waals surface area contributed by atoms with Crippen LogP contribution in [0.5, 0.6) is 0 Å². The Balaban J connectivity index is 1.92. The number of unbranched alkanes of at least 4 members (excludes halogenated alkanes) is 13. The van der Waals surface area contributed by atoms with Gasteiger partial charge in [0, 0.05) is 6.54 Å². The molecular formula is C23H38ClNO2. The molecule has 1 rings (SSSR count). The van der Waals surface area contributed by atoms with E-state index in [2.05, 4.69) is 12.2 Å². The standard InChI is InChI=1S/C23H38ClNO2/c1-2-3-4-5-6-7-8-9-10-11-12-13-14-15-18-25-22-19-20(23(26)27)16-17-21(22)24/h16-17,19,25H,2-15,18H2,1H3,(H,26,27). The van der Waals surface area contributed by atoms with Gasteiger partial charge in [0.15, 0.2) is 0 Å². The van der Waals surface area contributed by atoms with Crippen molar-refractivity contribution in [3.63, 3.8) is 0 Å². The molecule has 0 saturated carbocycles. The molecule has 2 N–H and O–H groups in total. The van der Waals surface area contributed by atoms with Crippen LogP contribution in [0.25, 0.3) is 0 Å². The summed E-state index contributed by atoms with van der Waals surface area (Å²) in [6.07, 6.45) is 18.9. The largest absolute Gasteiger partial charge is 0.478 e. The third-order valence-electron chi connectivity index (χ3n) is 5.06. The molecule has 4 heteroatoms. The summed E-state index contributed by atoms with van der Waals surface area (Å²) >= 11 is 6.11. The minimum atomic E-state index is -0.925. The first kappa shape index (κ1) is 23.8. The molecule has 0 saturated heterocycles. The lowest BCUT2D eigenvalue weighted by molar-refractivity contribution is 0.0697. The lowest BCUT2D eigenvalue weighted by Gasteiger charge is -2.09. The van der Waals surface area contributed by atoms with Crippen molar-refractivity contribution in [2.24, 2.45) is 0 Å². The fourth-order valence-corrected chi connectivity index (χ4v) is 3.52. The highest BCUT2D eigenvalue weighted by Gasteiger charge is 2.06. The van der Waals surface area contributed by atoms with Crippen molar-refractivity contribution in [1.82, 2.24) is 0 Å². The second-order valence-corrected chi connectivity index (χ2v) is 7.93. The van der Waals surface area contributed by atoms with Crippen molar-refractivity contribution in [2.75, 3.05) is 11.9 Å². The summed E-state index contributed by atoms with van der Waals surface area (Å²) in [7, 11) is 0. The first-order valence-electron chi connectivity index (χ1n) is 10.9. The van der Waals surface area contributed by atoms with E-state index in [4.69, 9.17) is 16.7 Å². The molecule has 3 nitrogen and oxygen atoms in total. The molecule has 154 valence electrons. The van der Waals surface area contributed by atoms with E-state index in [1.807, 2.05) is 0 Å². The summed E-state index contributed by atoms with van der Waals surface area (Å²) in [6.45, 7) is 3.10. The Morgan fingerprint density at radius 3 is 1.81 bits per heavy atom. The number of rotatable bonds is 17. The Morgan fingerprint density at radius 2 is 1.33 bits per heavy atom. The number of carboxylic acid groups (broad SMARTS) is 1. The normalized spacial score (nSPS) is 10.9. The molecule has 1 aromatic carbocycles. The van der Waals surface area contributed by atoms with Crippen molar-refractivity contribution < 1.29 is 9.90 Å². The van der Waals surface area contributed by atoms with E-state index in [0.29, 0.717) is 10.7 Å². The Hall–Kier alpha value is -1.22. The number of nitrogens with one attached hydrogen (secondary N) is 1.